The van der Waals surface area contributed by atoms with Gasteiger partial charge in [0.25, 0.3) is 0 Å². The van der Waals surface area contributed by atoms with Gasteiger partial charge in [0.2, 0.25) is 6.10 Å². The Labute approximate surface area is 100 Å². The van der Waals surface area contributed by atoms with Gasteiger partial charge in [0, 0.05) is 6.42 Å². The molecule has 17 heavy (non-hydrogen) atoms. The van der Waals surface area contributed by atoms with Crippen molar-refractivity contribution in [3.05, 3.63) is 0 Å². The highest BCUT2D eigenvalue weighted by molar-refractivity contribution is 5.84. The standard InChI is InChI=1S/C12H18O5/c1-4-12(2,3)11(14)17-9-8-7(5-6-15-8)16-10(9)13/h7-9H,4-6H2,1-3H3/t7-,8+,9?/m1/s1. The number of esters is 2. The van der Waals surface area contributed by atoms with Crippen molar-refractivity contribution in [2.24, 2.45) is 5.41 Å². The van der Waals surface area contributed by atoms with E-state index in [0.29, 0.717) is 19.4 Å². The summed E-state index contributed by atoms with van der Waals surface area (Å²) in [5, 5.41) is 0. The Morgan fingerprint density at radius 3 is 2.88 bits per heavy atom. The highest BCUT2D eigenvalue weighted by atomic mass is 16.7. The first kappa shape index (κ1) is 12.4. The van der Waals surface area contributed by atoms with Gasteiger partial charge in [0.1, 0.15) is 12.2 Å². The maximum absolute atomic E-state index is 11.9. The van der Waals surface area contributed by atoms with Crippen LogP contribution >= 0.6 is 0 Å². The molecule has 0 aromatic heterocycles. The molecule has 2 saturated heterocycles. The molecule has 0 aromatic rings. The summed E-state index contributed by atoms with van der Waals surface area (Å²) in [6.07, 6.45) is -0.213. The first-order valence-corrected chi connectivity index (χ1v) is 5.99. The molecule has 0 aromatic carbocycles. The summed E-state index contributed by atoms with van der Waals surface area (Å²) in [6, 6.07) is 0. The monoisotopic (exact) mass is 242 g/mol. The minimum absolute atomic E-state index is 0.245. The van der Waals surface area contributed by atoms with Gasteiger partial charge >= 0.3 is 11.9 Å². The fourth-order valence-electron chi connectivity index (χ4n) is 1.88. The summed E-state index contributed by atoms with van der Waals surface area (Å²) in [5.74, 6) is -0.863. The van der Waals surface area contributed by atoms with Crippen LogP contribution in [0.2, 0.25) is 0 Å². The normalized spacial score (nSPS) is 32.2. The van der Waals surface area contributed by atoms with Gasteiger partial charge in [-0.05, 0) is 20.3 Å². The van der Waals surface area contributed by atoms with Gasteiger partial charge < -0.3 is 14.2 Å². The van der Waals surface area contributed by atoms with Crippen LogP contribution in [0.1, 0.15) is 33.6 Å². The quantitative estimate of drug-likeness (QED) is 0.692. The lowest BCUT2D eigenvalue weighted by Gasteiger charge is -2.23. The molecule has 2 fully saturated rings. The maximum Gasteiger partial charge on any atom is 0.350 e. The number of carbonyl (C=O) groups is 2. The average Bonchev–Trinajstić information content (AvgIpc) is 2.82. The zero-order valence-electron chi connectivity index (χ0n) is 10.4. The largest absolute Gasteiger partial charge is 0.457 e. The lowest BCUT2D eigenvalue weighted by atomic mass is 9.90. The van der Waals surface area contributed by atoms with Crippen molar-refractivity contribution in [3.63, 3.8) is 0 Å². The zero-order valence-corrected chi connectivity index (χ0v) is 10.4. The zero-order chi connectivity index (χ0) is 12.6. The molecule has 0 bridgehead atoms. The molecular weight excluding hydrogens is 224 g/mol. The number of hydrogen-bond donors (Lipinski definition) is 0. The highest BCUT2D eigenvalue weighted by Crippen LogP contribution is 2.31. The van der Waals surface area contributed by atoms with Crippen LogP contribution in [0.15, 0.2) is 0 Å². The Balaban J connectivity index is 2.03. The predicted molar refractivity (Wildman–Crippen MR) is 58.2 cm³/mol. The van der Waals surface area contributed by atoms with E-state index in [0.717, 1.165) is 0 Å². The van der Waals surface area contributed by atoms with Crippen molar-refractivity contribution in [1.29, 1.82) is 0 Å². The van der Waals surface area contributed by atoms with Crippen LogP contribution in [0.3, 0.4) is 0 Å². The fraction of sp³-hybridized carbons (Fsp3) is 0.833. The van der Waals surface area contributed by atoms with Crippen molar-refractivity contribution in [2.75, 3.05) is 6.61 Å². The summed E-state index contributed by atoms with van der Waals surface area (Å²) in [7, 11) is 0. The van der Waals surface area contributed by atoms with E-state index in [1.807, 2.05) is 6.92 Å². The summed E-state index contributed by atoms with van der Waals surface area (Å²) >= 11 is 0. The Morgan fingerprint density at radius 2 is 2.24 bits per heavy atom. The Morgan fingerprint density at radius 1 is 1.53 bits per heavy atom. The molecule has 0 aliphatic carbocycles. The minimum Gasteiger partial charge on any atom is -0.457 e. The summed E-state index contributed by atoms with van der Waals surface area (Å²) in [4.78, 5) is 23.5. The van der Waals surface area contributed by atoms with Crippen molar-refractivity contribution >= 4 is 11.9 Å². The van der Waals surface area contributed by atoms with Crippen molar-refractivity contribution < 1.29 is 23.8 Å². The van der Waals surface area contributed by atoms with Gasteiger partial charge in [-0.25, -0.2) is 4.79 Å². The Kier molecular flexibility index (Phi) is 3.12. The molecule has 1 unspecified atom stereocenters. The second kappa shape index (κ2) is 4.29. The third-order valence-electron chi connectivity index (χ3n) is 3.55. The summed E-state index contributed by atoms with van der Waals surface area (Å²) in [6.45, 7) is 6.04. The van der Waals surface area contributed by atoms with Crippen molar-refractivity contribution in [1.82, 2.24) is 0 Å². The molecule has 0 N–H and O–H groups in total. The van der Waals surface area contributed by atoms with Crippen LogP contribution in [0.4, 0.5) is 0 Å². The van der Waals surface area contributed by atoms with Gasteiger partial charge in [0.15, 0.2) is 0 Å². The van der Waals surface area contributed by atoms with Crippen LogP contribution in [0, 0.1) is 5.41 Å². The predicted octanol–water partition coefficient (Wildman–Crippen LogP) is 1.05. The third-order valence-corrected chi connectivity index (χ3v) is 3.55. The SMILES string of the molecule is CCC(C)(C)C(=O)OC1C(=O)O[C@@H]2CCO[C@H]12. The lowest BCUT2D eigenvalue weighted by Crippen LogP contribution is -2.38. The molecule has 0 saturated carbocycles. The molecule has 96 valence electrons. The van der Waals surface area contributed by atoms with Gasteiger partial charge in [-0.15, -0.1) is 0 Å². The second-order valence-electron chi connectivity index (χ2n) is 5.16. The maximum atomic E-state index is 11.9. The molecule has 0 spiro atoms. The van der Waals surface area contributed by atoms with E-state index in [1.54, 1.807) is 13.8 Å². The number of fused-ring (bicyclic) bond motifs is 1. The first-order chi connectivity index (χ1) is 7.95. The van der Waals surface area contributed by atoms with E-state index in [4.69, 9.17) is 14.2 Å². The van der Waals surface area contributed by atoms with Crippen LogP contribution in [0.25, 0.3) is 0 Å². The van der Waals surface area contributed by atoms with Crippen molar-refractivity contribution in [3.8, 4) is 0 Å². The van der Waals surface area contributed by atoms with Crippen LogP contribution in [-0.2, 0) is 23.8 Å². The minimum atomic E-state index is -0.888. The van der Waals surface area contributed by atoms with E-state index < -0.39 is 23.6 Å². The van der Waals surface area contributed by atoms with Crippen LogP contribution < -0.4 is 0 Å². The molecule has 2 rings (SSSR count). The van der Waals surface area contributed by atoms with E-state index in [9.17, 15) is 9.59 Å². The molecule has 0 amide bonds. The third kappa shape index (κ3) is 2.16. The molecule has 5 heteroatoms. The molecule has 2 heterocycles. The molecule has 2 aliphatic heterocycles. The number of carbonyl (C=O) groups excluding carboxylic acids is 2. The van der Waals surface area contributed by atoms with Crippen LogP contribution in [-0.4, -0.2) is 36.9 Å². The second-order valence-corrected chi connectivity index (χ2v) is 5.16. The molecule has 0 radical (unpaired) electrons. The van der Waals surface area contributed by atoms with Gasteiger partial charge in [-0.2, -0.15) is 0 Å². The number of ether oxygens (including phenoxy) is 3. The van der Waals surface area contributed by atoms with Gasteiger partial charge in [-0.3, -0.25) is 4.79 Å². The van der Waals surface area contributed by atoms with Crippen molar-refractivity contribution in [2.45, 2.75) is 51.9 Å². The van der Waals surface area contributed by atoms with Gasteiger partial charge in [0.05, 0.1) is 12.0 Å². The summed E-state index contributed by atoms with van der Waals surface area (Å²) in [5.41, 5.74) is -0.586. The van der Waals surface area contributed by atoms with E-state index in [2.05, 4.69) is 0 Å². The number of hydrogen-bond acceptors (Lipinski definition) is 5. The highest BCUT2D eigenvalue weighted by Gasteiger charge is 2.51. The molecular formula is C12H18O5. The molecule has 5 nitrogen and oxygen atoms in total. The van der Waals surface area contributed by atoms with E-state index >= 15 is 0 Å². The first-order valence-electron chi connectivity index (χ1n) is 5.99. The summed E-state index contributed by atoms with van der Waals surface area (Å²) < 4.78 is 15.7. The topological polar surface area (TPSA) is 61.8 Å². The van der Waals surface area contributed by atoms with Gasteiger partial charge in [-0.1, -0.05) is 6.92 Å². The Bertz CT molecular complexity index is 336. The lowest BCUT2D eigenvalue weighted by molar-refractivity contribution is -0.171. The Hall–Kier alpha value is -1.10. The molecule has 2 aliphatic rings. The average molecular weight is 242 g/mol. The van der Waals surface area contributed by atoms with Crippen LogP contribution in [0.5, 0.6) is 0 Å². The van der Waals surface area contributed by atoms with E-state index in [-0.39, 0.29) is 12.1 Å². The molecule has 3 atom stereocenters. The number of rotatable bonds is 3. The van der Waals surface area contributed by atoms with E-state index in [1.165, 1.54) is 0 Å². The smallest absolute Gasteiger partial charge is 0.350 e. The fourth-order valence-corrected chi connectivity index (χ4v) is 1.88.